The summed E-state index contributed by atoms with van der Waals surface area (Å²) in [5, 5.41) is 7.02. The van der Waals surface area contributed by atoms with Gasteiger partial charge in [-0.05, 0) is 6.07 Å². The number of aromatic nitrogens is 2. The smallest absolute Gasteiger partial charge is 0.410 e. The van der Waals surface area contributed by atoms with Crippen molar-refractivity contribution in [2.45, 2.75) is 24.7 Å². The second-order valence-electron chi connectivity index (χ2n) is 6.99. The Balaban J connectivity index is 1.73. The number of alkyl halides is 3. The monoisotopic (exact) mass is 410 g/mol. The van der Waals surface area contributed by atoms with Crippen molar-refractivity contribution in [2.75, 3.05) is 38.7 Å². The molecule has 2 aliphatic rings. The zero-order chi connectivity index (χ0) is 20.6. The summed E-state index contributed by atoms with van der Waals surface area (Å²) in [6.45, 7) is 1.58. The molecule has 1 N–H and O–H groups in total. The molecule has 0 unspecified atom stereocenters. The van der Waals surface area contributed by atoms with Crippen molar-refractivity contribution in [2.24, 2.45) is 0 Å². The molecule has 1 aromatic carbocycles. The van der Waals surface area contributed by atoms with E-state index in [-0.39, 0.29) is 23.7 Å². The number of methoxy groups -OCH3 is 1. The molecule has 29 heavy (non-hydrogen) atoms. The van der Waals surface area contributed by atoms with E-state index >= 15 is 0 Å². The van der Waals surface area contributed by atoms with Gasteiger partial charge < -0.3 is 19.7 Å². The highest BCUT2D eigenvalue weighted by Gasteiger charge is 2.47. The number of carbonyl (C=O) groups is 1. The Morgan fingerprint density at radius 2 is 2.00 bits per heavy atom. The van der Waals surface area contributed by atoms with E-state index < -0.39 is 18.3 Å². The molecule has 3 heterocycles. The van der Waals surface area contributed by atoms with Crippen LogP contribution in [0.5, 0.6) is 5.75 Å². The van der Waals surface area contributed by atoms with E-state index in [1.165, 1.54) is 13.3 Å². The van der Waals surface area contributed by atoms with Crippen LogP contribution < -0.4 is 10.1 Å². The van der Waals surface area contributed by atoms with Crippen LogP contribution in [0.15, 0.2) is 30.5 Å². The van der Waals surface area contributed by atoms with Gasteiger partial charge >= 0.3 is 6.18 Å². The Hall–Kier alpha value is -2.75. The van der Waals surface area contributed by atoms with E-state index in [4.69, 9.17) is 9.47 Å². The third-order valence-electron chi connectivity index (χ3n) is 5.28. The van der Waals surface area contributed by atoms with Crippen LogP contribution in [0.1, 0.15) is 34.4 Å². The summed E-state index contributed by atoms with van der Waals surface area (Å²) >= 11 is 0. The number of carbonyl (C=O) groups excluding carboxylic acids is 1. The minimum absolute atomic E-state index is 0.0750. The molecule has 2 aromatic rings. The van der Waals surface area contributed by atoms with E-state index in [2.05, 4.69) is 10.4 Å². The molecule has 0 spiro atoms. The van der Waals surface area contributed by atoms with E-state index in [1.54, 1.807) is 29.2 Å². The molecule has 1 fully saturated rings. The number of ether oxygens (including phenoxy) is 2. The highest BCUT2D eigenvalue weighted by molar-refractivity contribution is 5.99. The number of halogens is 3. The Morgan fingerprint density at radius 1 is 1.28 bits per heavy atom. The largest absolute Gasteiger partial charge is 0.496 e. The van der Waals surface area contributed by atoms with Crippen molar-refractivity contribution in [3.63, 3.8) is 0 Å². The number of rotatable bonds is 3. The second-order valence-corrected chi connectivity index (χ2v) is 6.99. The zero-order valence-corrected chi connectivity index (χ0v) is 15.8. The van der Waals surface area contributed by atoms with Crippen molar-refractivity contribution < 1.29 is 27.4 Å². The summed E-state index contributed by atoms with van der Waals surface area (Å²) in [5.41, 5.74) is 0.724. The van der Waals surface area contributed by atoms with Gasteiger partial charge in [0.2, 0.25) is 0 Å². The first kappa shape index (κ1) is 19.6. The summed E-state index contributed by atoms with van der Waals surface area (Å²) in [6, 6.07) is 4.39. The molecule has 7 nitrogen and oxygen atoms in total. The average molecular weight is 410 g/mol. The average Bonchev–Trinajstić information content (AvgIpc) is 3.16. The molecule has 0 aliphatic carbocycles. The van der Waals surface area contributed by atoms with Crippen LogP contribution in [0.4, 0.5) is 19.0 Å². The maximum atomic E-state index is 13.8. The van der Waals surface area contributed by atoms with E-state index in [1.807, 2.05) is 0 Å². The van der Waals surface area contributed by atoms with Gasteiger partial charge in [0.15, 0.2) is 6.04 Å². The Kier molecular flexibility index (Phi) is 5.12. The lowest BCUT2D eigenvalue weighted by atomic mass is 9.95. The summed E-state index contributed by atoms with van der Waals surface area (Å²) in [5.74, 6) is 0.203. The fraction of sp³-hybridized carbons (Fsp3) is 0.474. The van der Waals surface area contributed by atoms with Crippen molar-refractivity contribution in [3.8, 4) is 5.75 Å². The number of nitrogens with zero attached hydrogens (tertiary/aromatic N) is 3. The highest BCUT2D eigenvalue weighted by atomic mass is 19.4. The van der Waals surface area contributed by atoms with Gasteiger partial charge in [-0.15, -0.1) is 0 Å². The molecule has 1 saturated heterocycles. The first-order valence-corrected chi connectivity index (χ1v) is 9.31. The lowest BCUT2D eigenvalue weighted by Gasteiger charge is -2.35. The number of amides is 1. The number of hydrogen-bond acceptors (Lipinski definition) is 5. The third kappa shape index (κ3) is 3.64. The number of para-hydroxylation sites is 1. The summed E-state index contributed by atoms with van der Waals surface area (Å²) in [4.78, 5) is 14.5. The first-order valence-electron chi connectivity index (χ1n) is 9.31. The number of anilines is 1. The van der Waals surface area contributed by atoms with Gasteiger partial charge in [0.05, 0.1) is 32.6 Å². The van der Waals surface area contributed by atoms with Crippen LogP contribution in [0.3, 0.4) is 0 Å². The summed E-state index contributed by atoms with van der Waals surface area (Å²) < 4.78 is 52.9. The van der Waals surface area contributed by atoms with Crippen molar-refractivity contribution in [1.29, 1.82) is 0 Å². The normalized spacial score (nSPS) is 22.0. The minimum Gasteiger partial charge on any atom is -0.496 e. The molecule has 0 bridgehead atoms. The summed E-state index contributed by atoms with van der Waals surface area (Å²) in [7, 11) is 1.47. The van der Waals surface area contributed by atoms with Gasteiger partial charge in [0, 0.05) is 25.1 Å². The van der Waals surface area contributed by atoms with Crippen LogP contribution in [0.2, 0.25) is 0 Å². The maximum Gasteiger partial charge on any atom is 0.410 e. The Morgan fingerprint density at radius 3 is 2.69 bits per heavy atom. The SMILES string of the molecule is COc1ccccc1[C@@H]1C[C@H](C(F)(F)F)n2ncc(C(=O)N3CCOCC3)c2N1. The van der Waals surface area contributed by atoms with Gasteiger partial charge in [0.25, 0.3) is 5.91 Å². The van der Waals surface area contributed by atoms with Crippen molar-refractivity contribution >= 4 is 11.7 Å². The predicted molar refractivity (Wildman–Crippen MR) is 98.0 cm³/mol. The first-order chi connectivity index (χ1) is 13.9. The number of fused-ring (bicyclic) bond motifs is 1. The van der Waals surface area contributed by atoms with Crippen LogP contribution >= 0.6 is 0 Å². The Labute approximate surface area is 165 Å². The van der Waals surface area contributed by atoms with Gasteiger partial charge in [-0.2, -0.15) is 18.3 Å². The molecule has 1 aromatic heterocycles. The van der Waals surface area contributed by atoms with Crippen molar-refractivity contribution in [1.82, 2.24) is 14.7 Å². The highest BCUT2D eigenvalue weighted by Crippen LogP contribution is 2.45. The van der Waals surface area contributed by atoms with Crippen LogP contribution in [0, 0.1) is 0 Å². The fourth-order valence-electron chi connectivity index (χ4n) is 3.81. The summed E-state index contributed by atoms with van der Waals surface area (Å²) in [6.07, 6.45) is -3.56. The molecule has 10 heteroatoms. The number of hydrogen-bond donors (Lipinski definition) is 1. The van der Waals surface area contributed by atoms with Crippen LogP contribution in [-0.4, -0.2) is 60.2 Å². The van der Waals surface area contributed by atoms with Crippen LogP contribution in [-0.2, 0) is 4.74 Å². The zero-order valence-electron chi connectivity index (χ0n) is 15.8. The minimum atomic E-state index is -4.51. The van der Waals surface area contributed by atoms with Gasteiger partial charge in [0.1, 0.15) is 17.1 Å². The number of benzene rings is 1. The molecule has 0 saturated carbocycles. The second kappa shape index (κ2) is 7.58. The van der Waals surface area contributed by atoms with E-state index in [0.29, 0.717) is 37.6 Å². The maximum absolute atomic E-state index is 13.8. The third-order valence-corrected chi connectivity index (χ3v) is 5.28. The Bertz CT molecular complexity index is 893. The molecule has 2 aliphatic heterocycles. The molecule has 1 amide bonds. The van der Waals surface area contributed by atoms with E-state index in [9.17, 15) is 18.0 Å². The predicted octanol–water partition coefficient (Wildman–Crippen LogP) is 3.02. The topological polar surface area (TPSA) is 68.6 Å². The van der Waals surface area contributed by atoms with Gasteiger partial charge in [-0.3, -0.25) is 4.79 Å². The quantitative estimate of drug-likeness (QED) is 0.843. The van der Waals surface area contributed by atoms with Crippen molar-refractivity contribution in [3.05, 3.63) is 41.6 Å². The molecule has 156 valence electrons. The van der Waals surface area contributed by atoms with E-state index in [0.717, 1.165) is 4.68 Å². The lowest BCUT2D eigenvalue weighted by molar-refractivity contribution is -0.173. The molecule has 0 radical (unpaired) electrons. The van der Waals surface area contributed by atoms with Crippen LogP contribution in [0.25, 0.3) is 0 Å². The standard InChI is InChI=1S/C19H21F3N4O3/c1-28-15-5-3-2-4-12(15)14-10-16(19(20,21)22)26-17(24-14)13(11-23-26)18(27)25-6-8-29-9-7-25/h2-5,11,14,16,24H,6-10H2,1H3/t14-,16+/m0/s1. The lowest BCUT2D eigenvalue weighted by Crippen LogP contribution is -2.41. The number of morpholine rings is 1. The molecular weight excluding hydrogens is 389 g/mol. The van der Waals surface area contributed by atoms with Gasteiger partial charge in [-0.25, -0.2) is 4.68 Å². The van der Waals surface area contributed by atoms with Gasteiger partial charge in [-0.1, -0.05) is 18.2 Å². The molecule has 4 rings (SSSR count). The molecular formula is C19H21F3N4O3. The molecule has 2 atom stereocenters. The fourth-order valence-corrected chi connectivity index (χ4v) is 3.81. The number of nitrogens with one attached hydrogen (secondary N) is 1.